The number of carbonyl (C=O) groups excluding carboxylic acids is 2. The second-order valence-corrected chi connectivity index (χ2v) is 7.41. The maximum Gasteiger partial charge on any atom is 0.246 e. The van der Waals surface area contributed by atoms with Gasteiger partial charge >= 0.3 is 0 Å². The monoisotopic (exact) mass is 331 g/mol. The number of hydrogen-bond acceptors (Lipinski definition) is 4. The number of nitrogens with zero attached hydrogens (tertiary/aromatic N) is 4. The third kappa shape index (κ3) is 3.05. The summed E-state index contributed by atoms with van der Waals surface area (Å²) in [6, 6.07) is 1.20. The number of hydrogen-bond donors (Lipinski definition) is 1. The molecule has 7 nitrogen and oxygen atoms in total. The van der Waals surface area contributed by atoms with Crippen LogP contribution < -0.4 is 10.2 Å². The van der Waals surface area contributed by atoms with E-state index in [4.69, 9.17) is 0 Å². The maximum atomic E-state index is 12.6. The summed E-state index contributed by atoms with van der Waals surface area (Å²) in [4.78, 5) is 28.5. The van der Waals surface area contributed by atoms with Crippen molar-refractivity contribution in [1.29, 1.82) is 0 Å². The number of fused-ring (bicyclic) bond motifs is 2. The average molecular weight is 331 g/mol. The van der Waals surface area contributed by atoms with Crippen molar-refractivity contribution in [3.05, 3.63) is 12.4 Å². The number of piperazine rings is 1. The summed E-state index contributed by atoms with van der Waals surface area (Å²) in [5.41, 5.74) is 0.810. The normalized spacial score (nSPS) is 30.0. The number of aryl methyl sites for hydroxylation is 1. The molecule has 3 saturated heterocycles. The highest BCUT2D eigenvalue weighted by atomic mass is 16.2. The van der Waals surface area contributed by atoms with Crippen molar-refractivity contribution in [2.75, 3.05) is 24.5 Å². The minimum absolute atomic E-state index is 0.0204. The quantitative estimate of drug-likeness (QED) is 0.876. The Labute approximate surface area is 142 Å². The molecule has 24 heavy (non-hydrogen) atoms. The van der Waals surface area contributed by atoms with Gasteiger partial charge in [-0.2, -0.15) is 5.10 Å². The van der Waals surface area contributed by atoms with Gasteiger partial charge in [0.05, 0.1) is 11.9 Å². The third-order valence-electron chi connectivity index (χ3n) is 5.61. The van der Waals surface area contributed by atoms with Crippen LogP contribution in [0.4, 0.5) is 5.69 Å². The van der Waals surface area contributed by atoms with E-state index in [0.29, 0.717) is 37.5 Å². The minimum atomic E-state index is -0.0204. The molecule has 2 amide bonds. The second-order valence-electron chi connectivity index (χ2n) is 7.41. The lowest BCUT2D eigenvalue weighted by Crippen LogP contribution is -2.53. The summed E-state index contributed by atoms with van der Waals surface area (Å²) in [6.07, 6.45) is 8.82. The first kappa shape index (κ1) is 15.6. The highest BCUT2D eigenvalue weighted by Crippen LogP contribution is 2.33. The van der Waals surface area contributed by atoms with Gasteiger partial charge < -0.3 is 15.1 Å². The smallest absolute Gasteiger partial charge is 0.246 e. The van der Waals surface area contributed by atoms with Crippen molar-refractivity contribution in [2.45, 2.75) is 44.2 Å². The standard InChI is InChI=1S/C17H25N5O2/c1-20-10-15(9-18-20)22-5-4-21(11-17(22)24)16(23)8-12-6-13-2-3-14(7-12)19-13/h9-10,12-14,19H,2-8,11H2,1H3. The molecule has 2 unspecified atom stereocenters. The molecule has 2 atom stereocenters. The van der Waals surface area contributed by atoms with Crippen LogP contribution in [0.15, 0.2) is 12.4 Å². The molecule has 1 N–H and O–H groups in total. The van der Waals surface area contributed by atoms with Crippen LogP contribution in [0.5, 0.6) is 0 Å². The first-order valence-corrected chi connectivity index (χ1v) is 8.91. The Bertz CT molecular complexity index is 631. The summed E-state index contributed by atoms with van der Waals surface area (Å²) in [5, 5.41) is 7.73. The second kappa shape index (κ2) is 6.20. The zero-order chi connectivity index (χ0) is 16.7. The Morgan fingerprint density at radius 3 is 2.67 bits per heavy atom. The molecular weight excluding hydrogens is 306 g/mol. The average Bonchev–Trinajstić information content (AvgIpc) is 3.12. The Balaban J connectivity index is 1.33. The van der Waals surface area contributed by atoms with Crippen molar-refractivity contribution in [1.82, 2.24) is 20.0 Å². The number of amides is 2. The van der Waals surface area contributed by atoms with Crippen LogP contribution in [0.25, 0.3) is 0 Å². The largest absolute Gasteiger partial charge is 0.332 e. The molecule has 4 heterocycles. The van der Waals surface area contributed by atoms with Crippen LogP contribution in [-0.2, 0) is 16.6 Å². The van der Waals surface area contributed by atoms with Crippen molar-refractivity contribution >= 4 is 17.5 Å². The summed E-state index contributed by atoms with van der Waals surface area (Å²) >= 11 is 0. The first-order valence-electron chi connectivity index (χ1n) is 8.91. The molecule has 0 aliphatic carbocycles. The molecule has 3 fully saturated rings. The van der Waals surface area contributed by atoms with Gasteiger partial charge in [0.2, 0.25) is 11.8 Å². The van der Waals surface area contributed by atoms with Crippen molar-refractivity contribution in [3.63, 3.8) is 0 Å². The van der Waals surface area contributed by atoms with Crippen LogP contribution in [0.1, 0.15) is 32.1 Å². The molecule has 3 aliphatic rings. The molecule has 4 rings (SSSR count). The Morgan fingerprint density at radius 2 is 2.04 bits per heavy atom. The molecule has 0 radical (unpaired) electrons. The van der Waals surface area contributed by atoms with Crippen LogP contribution in [0.2, 0.25) is 0 Å². The number of rotatable bonds is 3. The lowest BCUT2D eigenvalue weighted by molar-refractivity contribution is -0.137. The van der Waals surface area contributed by atoms with Crippen LogP contribution in [-0.4, -0.2) is 58.2 Å². The van der Waals surface area contributed by atoms with E-state index in [-0.39, 0.29) is 18.4 Å². The van der Waals surface area contributed by atoms with E-state index in [0.717, 1.165) is 18.5 Å². The zero-order valence-corrected chi connectivity index (χ0v) is 14.1. The van der Waals surface area contributed by atoms with Gasteiger partial charge in [-0.05, 0) is 31.6 Å². The molecule has 1 aromatic heterocycles. The number of piperidine rings is 1. The van der Waals surface area contributed by atoms with E-state index in [1.54, 1.807) is 20.7 Å². The highest BCUT2D eigenvalue weighted by molar-refractivity contribution is 5.97. The molecule has 0 aromatic carbocycles. The van der Waals surface area contributed by atoms with Gasteiger partial charge in [-0.1, -0.05) is 0 Å². The summed E-state index contributed by atoms with van der Waals surface area (Å²) < 4.78 is 1.69. The lowest BCUT2D eigenvalue weighted by atomic mass is 9.89. The van der Waals surface area contributed by atoms with E-state index in [1.807, 2.05) is 13.2 Å². The van der Waals surface area contributed by atoms with Crippen LogP contribution >= 0.6 is 0 Å². The van der Waals surface area contributed by atoms with E-state index in [2.05, 4.69) is 10.4 Å². The minimum Gasteiger partial charge on any atom is -0.332 e. The van der Waals surface area contributed by atoms with Gasteiger partial charge in [-0.25, -0.2) is 0 Å². The molecule has 1 aromatic rings. The van der Waals surface area contributed by atoms with E-state index >= 15 is 0 Å². The number of nitrogens with one attached hydrogen (secondary N) is 1. The van der Waals surface area contributed by atoms with Crippen molar-refractivity contribution < 1.29 is 9.59 Å². The van der Waals surface area contributed by atoms with Gasteiger partial charge in [0.1, 0.15) is 6.54 Å². The highest BCUT2D eigenvalue weighted by Gasteiger charge is 2.36. The Hall–Kier alpha value is -1.89. The summed E-state index contributed by atoms with van der Waals surface area (Å²) in [5.74, 6) is 0.594. The predicted molar refractivity (Wildman–Crippen MR) is 89.4 cm³/mol. The van der Waals surface area contributed by atoms with Gasteiger partial charge in [-0.3, -0.25) is 14.3 Å². The van der Waals surface area contributed by atoms with Crippen LogP contribution in [0, 0.1) is 5.92 Å². The maximum absolute atomic E-state index is 12.6. The number of carbonyl (C=O) groups is 2. The fraction of sp³-hybridized carbons (Fsp3) is 0.706. The fourth-order valence-electron chi connectivity index (χ4n) is 4.42. The number of aromatic nitrogens is 2. The van der Waals surface area contributed by atoms with E-state index < -0.39 is 0 Å². The van der Waals surface area contributed by atoms with Gasteiger partial charge in [0.25, 0.3) is 0 Å². The van der Waals surface area contributed by atoms with Crippen LogP contribution in [0.3, 0.4) is 0 Å². The molecule has 3 aliphatic heterocycles. The van der Waals surface area contributed by atoms with Gasteiger partial charge in [0.15, 0.2) is 0 Å². The van der Waals surface area contributed by atoms with Crippen molar-refractivity contribution in [2.24, 2.45) is 13.0 Å². The molecule has 7 heteroatoms. The molecule has 2 bridgehead atoms. The molecular formula is C17H25N5O2. The predicted octanol–water partition coefficient (Wildman–Crippen LogP) is 0.516. The molecule has 130 valence electrons. The lowest BCUT2D eigenvalue weighted by Gasteiger charge is -2.35. The first-order chi connectivity index (χ1) is 11.6. The molecule has 0 spiro atoms. The van der Waals surface area contributed by atoms with Gasteiger partial charge in [0, 0.05) is 44.8 Å². The zero-order valence-electron chi connectivity index (χ0n) is 14.1. The van der Waals surface area contributed by atoms with E-state index in [1.165, 1.54) is 12.8 Å². The topological polar surface area (TPSA) is 70.5 Å². The summed E-state index contributed by atoms with van der Waals surface area (Å²) in [6.45, 7) is 1.34. The molecule has 0 saturated carbocycles. The third-order valence-corrected chi connectivity index (χ3v) is 5.61. The summed E-state index contributed by atoms with van der Waals surface area (Å²) in [7, 11) is 1.83. The SMILES string of the molecule is Cn1cc(N2CCN(C(=O)CC3CC4CCC(C3)N4)CC2=O)cn1. The Morgan fingerprint density at radius 1 is 1.29 bits per heavy atom. The fourth-order valence-corrected chi connectivity index (χ4v) is 4.42. The van der Waals surface area contributed by atoms with Crippen molar-refractivity contribution in [3.8, 4) is 0 Å². The number of anilines is 1. The Kier molecular flexibility index (Phi) is 4.04. The van der Waals surface area contributed by atoms with E-state index in [9.17, 15) is 9.59 Å². The van der Waals surface area contributed by atoms with Gasteiger partial charge in [-0.15, -0.1) is 0 Å².